The minimum Gasteiger partial charge on any atom is -0.377 e. The van der Waals surface area contributed by atoms with Gasteiger partial charge >= 0.3 is 0 Å². The van der Waals surface area contributed by atoms with E-state index in [2.05, 4.69) is 20.7 Å². The molecule has 1 amide bonds. The van der Waals surface area contributed by atoms with Gasteiger partial charge in [0.2, 0.25) is 5.91 Å². The normalized spacial score (nSPS) is 19.2. The van der Waals surface area contributed by atoms with Crippen molar-refractivity contribution in [3.8, 4) is 0 Å². The number of nitrogen functional groups attached to an aromatic ring is 1. The summed E-state index contributed by atoms with van der Waals surface area (Å²) in [5.74, 6) is 7.06. The van der Waals surface area contributed by atoms with Gasteiger partial charge in [0.15, 0.2) is 5.82 Å². The Labute approximate surface area is 111 Å². The van der Waals surface area contributed by atoms with E-state index in [-0.39, 0.29) is 18.6 Å². The number of anilines is 2. The smallest absolute Gasteiger partial charge is 0.242 e. The lowest BCUT2D eigenvalue weighted by Gasteiger charge is -2.33. The molecule has 1 aromatic heterocycles. The summed E-state index contributed by atoms with van der Waals surface area (Å²) >= 11 is 0. The minimum atomic E-state index is -0.273. The summed E-state index contributed by atoms with van der Waals surface area (Å²) in [5, 5.41) is 2.81. The molecule has 0 spiro atoms. The summed E-state index contributed by atoms with van der Waals surface area (Å²) in [6.07, 6.45) is 0. The Hall–Kier alpha value is -1.93. The SMILES string of the molecule is COCc1nc(NN)cc(N2CCNC(=O)C2C)n1. The Morgan fingerprint density at radius 3 is 3.11 bits per heavy atom. The minimum absolute atomic E-state index is 0.0135. The van der Waals surface area contributed by atoms with Gasteiger partial charge in [-0.3, -0.25) is 4.79 Å². The number of nitrogens with two attached hydrogens (primary N) is 1. The third-order valence-corrected chi connectivity index (χ3v) is 2.97. The summed E-state index contributed by atoms with van der Waals surface area (Å²) in [6.45, 7) is 3.41. The largest absolute Gasteiger partial charge is 0.377 e. The van der Waals surface area contributed by atoms with Gasteiger partial charge in [-0.1, -0.05) is 0 Å². The molecule has 8 heteroatoms. The second kappa shape index (κ2) is 5.81. The van der Waals surface area contributed by atoms with Crippen molar-refractivity contribution in [3.63, 3.8) is 0 Å². The van der Waals surface area contributed by atoms with Crippen LogP contribution in [0.5, 0.6) is 0 Å². The Balaban J connectivity index is 2.31. The van der Waals surface area contributed by atoms with E-state index in [0.717, 1.165) is 0 Å². The van der Waals surface area contributed by atoms with Crippen LogP contribution in [0.2, 0.25) is 0 Å². The molecule has 2 rings (SSSR count). The number of carbonyl (C=O) groups is 1. The molecule has 1 fully saturated rings. The van der Waals surface area contributed by atoms with E-state index in [4.69, 9.17) is 10.6 Å². The van der Waals surface area contributed by atoms with Crippen LogP contribution >= 0.6 is 0 Å². The van der Waals surface area contributed by atoms with E-state index in [9.17, 15) is 4.79 Å². The maximum Gasteiger partial charge on any atom is 0.242 e. The van der Waals surface area contributed by atoms with Crippen LogP contribution < -0.4 is 21.5 Å². The summed E-state index contributed by atoms with van der Waals surface area (Å²) < 4.78 is 5.03. The molecular formula is C11H18N6O2. The van der Waals surface area contributed by atoms with Crippen molar-refractivity contribution >= 4 is 17.5 Å². The number of methoxy groups -OCH3 is 1. The van der Waals surface area contributed by atoms with E-state index < -0.39 is 0 Å². The van der Waals surface area contributed by atoms with Crippen LogP contribution in [-0.2, 0) is 16.1 Å². The number of nitrogens with zero attached hydrogens (tertiary/aromatic N) is 3. The average Bonchev–Trinajstić information content (AvgIpc) is 2.42. The molecule has 19 heavy (non-hydrogen) atoms. The van der Waals surface area contributed by atoms with Crippen LogP contribution in [0.3, 0.4) is 0 Å². The van der Waals surface area contributed by atoms with Crippen molar-refractivity contribution in [3.05, 3.63) is 11.9 Å². The monoisotopic (exact) mass is 266 g/mol. The van der Waals surface area contributed by atoms with E-state index in [1.165, 1.54) is 0 Å². The highest BCUT2D eigenvalue weighted by molar-refractivity contribution is 5.85. The molecule has 0 bridgehead atoms. The standard InChI is InChI=1S/C11H18N6O2/c1-7-11(18)13-3-4-17(7)10-5-8(16-12)14-9(15-10)6-19-2/h5,7H,3-4,6,12H2,1-2H3,(H,13,18)(H,14,15,16). The molecule has 1 atom stereocenters. The van der Waals surface area contributed by atoms with Gasteiger partial charge in [0.1, 0.15) is 24.3 Å². The van der Waals surface area contributed by atoms with Gasteiger partial charge in [-0.25, -0.2) is 15.8 Å². The fourth-order valence-corrected chi connectivity index (χ4v) is 1.99. The van der Waals surface area contributed by atoms with Crippen LogP contribution in [0.25, 0.3) is 0 Å². The number of amides is 1. The van der Waals surface area contributed by atoms with Gasteiger partial charge in [0, 0.05) is 26.3 Å². The predicted octanol–water partition coefficient (Wildman–Crippen LogP) is -0.767. The zero-order valence-corrected chi connectivity index (χ0v) is 11.0. The van der Waals surface area contributed by atoms with Crippen molar-refractivity contribution in [2.45, 2.75) is 19.6 Å². The summed E-state index contributed by atoms with van der Waals surface area (Å²) in [5.41, 5.74) is 2.50. The topological polar surface area (TPSA) is 105 Å². The van der Waals surface area contributed by atoms with Crippen LogP contribution in [0.1, 0.15) is 12.7 Å². The third kappa shape index (κ3) is 2.91. The summed E-state index contributed by atoms with van der Waals surface area (Å²) in [6, 6.07) is 1.44. The van der Waals surface area contributed by atoms with Crippen molar-refractivity contribution in [1.82, 2.24) is 15.3 Å². The molecule has 1 saturated heterocycles. The van der Waals surface area contributed by atoms with Crippen LogP contribution in [0, 0.1) is 0 Å². The quantitative estimate of drug-likeness (QED) is 0.485. The molecule has 2 heterocycles. The Bertz CT molecular complexity index is 466. The molecule has 1 aliphatic rings. The lowest BCUT2D eigenvalue weighted by molar-refractivity contribution is -0.122. The van der Waals surface area contributed by atoms with Crippen molar-refractivity contribution in [2.24, 2.45) is 5.84 Å². The van der Waals surface area contributed by atoms with Crippen LogP contribution in [0.4, 0.5) is 11.6 Å². The Morgan fingerprint density at radius 2 is 2.42 bits per heavy atom. The zero-order valence-electron chi connectivity index (χ0n) is 11.0. The second-order valence-corrected chi connectivity index (χ2v) is 4.27. The predicted molar refractivity (Wildman–Crippen MR) is 70.4 cm³/mol. The number of carbonyl (C=O) groups excluding carboxylic acids is 1. The van der Waals surface area contributed by atoms with E-state index in [1.807, 2.05) is 11.8 Å². The van der Waals surface area contributed by atoms with Crippen LogP contribution in [-0.4, -0.2) is 42.1 Å². The van der Waals surface area contributed by atoms with Gasteiger partial charge in [-0.05, 0) is 6.92 Å². The molecule has 1 aliphatic heterocycles. The second-order valence-electron chi connectivity index (χ2n) is 4.27. The van der Waals surface area contributed by atoms with Crippen molar-refractivity contribution in [1.29, 1.82) is 0 Å². The van der Waals surface area contributed by atoms with Gasteiger partial charge in [-0.15, -0.1) is 0 Å². The molecule has 1 unspecified atom stereocenters. The third-order valence-electron chi connectivity index (χ3n) is 2.97. The number of aromatic nitrogens is 2. The first-order valence-corrected chi connectivity index (χ1v) is 6.03. The van der Waals surface area contributed by atoms with E-state index in [1.54, 1.807) is 13.2 Å². The van der Waals surface area contributed by atoms with Crippen molar-refractivity contribution in [2.75, 3.05) is 30.5 Å². The van der Waals surface area contributed by atoms with Gasteiger partial charge < -0.3 is 20.4 Å². The molecule has 104 valence electrons. The average molecular weight is 266 g/mol. The molecule has 4 N–H and O–H groups in total. The molecule has 8 nitrogen and oxygen atoms in total. The highest BCUT2D eigenvalue weighted by atomic mass is 16.5. The number of hydrazine groups is 1. The summed E-state index contributed by atoms with van der Waals surface area (Å²) in [4.78, 5) is 22.2. The van der Waals surface area contributed by atoms with Gasteiger partial charge in [-0.2, -0.15) is 0 Å². The first-order chi connectivity index (χ1) is 9.15. The maximum atomic E-state index is 11.7. The number of rotatable bonds is 4. The van der Waals surface area contributed by atoms with Gasteiger partial charge in [0.05, 0.1) is 0 Å². The van der Waals surface area contributed by atoms with E-state index in [0.29, 0.717) is 30.5 Å². The number of piperazine rings is 1. The number of nitrogens with one attached hydrogen (secondary N) is 2. The Morgan fingerprint density at radius 1 is 1.63 bits per heavy atom. The highest BCUT2D eigenvalue weighted by Gasteiger charge is 2.27. The summed E-state index contributed by atoms with van der Waals surface area (Å²) in [7, 11) is 1.57. The van der Waals surface area contributed by atoms with Crippen LogP contribution in [0.15, 0.2) is 6.07 Å². The lowest BCUT2D eigenvalue weighted by Crippen LogP contribution is -2.54. The molecule has 0 aromatic carbocycles. The fourth-order valence-electron chi connectivity index (χ4n) is 1.99. The highest BCUT2D eigenvalue weighted by Crippen LogP contribution is 2.19. The molecule has 0 saturated carbocycles. The fraction of sp³-hybridized carbons (Fsp3) is 0.545. The number of hydrogen-bond acceptors (Lipinski definition) is 7. The maximum absolute atomic E-state index is 11.7. The first-order valence-electron chi connectivity index (χ1n) is 6.03. The van der Waals surface area contributed by atoms with Gasteiger partial charge in [0.25, 0.3) is 0 Å². The zero-order chi connectivity index (χ0) is 13.8. The Kier molecular flexibility index (Phi) is 4.13. The molecular weight excluding hydrogens is 248 g/mol. The molecule has 0 radical (unpaired) electrons. The molecule has 1 aromatic rings. The molecule has 0 aliphatic carbocycles. The van der Waals surface area contributed by atoms with Crippen molar-refractivity contribution < 1.29 is 9.53 Å². The number of ether oxygens (including phenoxy) is 1. The van der Waals surface area contributed by atoms with E-state index >= 15 is 0 Å². The number of hydrogen-bond donors (Lipinski definition) is 3. The lowest BCUT2D eigenvalue weighted by atomic mass is 10.2. The first kappa shape index (κ1) is 13.5.